The van der Waals surface area contributed by atoms with Crippen molar-refractivity contribution in [2.45, 2.75) is 70.2 Å². The van der Waals surface area contributed by atoms with Crippen molar-refractivity contribution in [3.63, 3.8) is 0 Å². The van der Waals surface area contributed by atoms with Crippen molar-refractivity contribution in [3.8, 4) is 0 Å². The van der Waals surface area contributed by atoms with Gasteiger partial charge < -0.3 is 35.0 Å². The fraction of sp³-hybridized carbons (Fsp3) is 0.371. The molecule has 1 aromatic carbocycles. The van der Waals surface area contributed by atoms with Gasteiger partial charge in [0.2, 0.25) is 23.6 Å². The summed E-state index contributed by atoms with van der Waals surface area (Å²) in [5, 5.41) is 11.5. The van der Waals surface area contributed by atoms with Gasteiger partial charge in [-0.3, -0.25) is 29.0 Å². The smallest absolute Gasteiger partial charge is 0.276 e. The van der Waals surface area contributed by atoms with E-state index in [4.69, 9.17) is 20.4 Å². The Bertz CT molecular complexity index is 1930. The van der Waals surface area contributed by atoms with Crippen LogP contribution in [0.15, 0.2) is 70.2 Å². The molecule has 4 aromatic rings. The van der Waals surface area contributed by atoms with Gasteiger partial charge in [0.1, 0.15) is 36.7 Å². The molecular weight excluding hydrogens is 680 g/mol. The second-order valence-electron chi connectivity index (χ2n) is 13.0. The summed E-state index contributed by atoms with van der Waals surface area (Å²) in [6.07, 6.45) is 5.72. The standard InChI is InChI=1S/C35H37ClN8O7/c1-18(2)11-24-30(46)38-19(3)33-43-27(17-50-33)35(49)44-15-21(39-29(45)22-9-10-37-14-23(22)36)13-28(44)32(48)41-25(12-20-7-5-4-6-8-20)34-42-26(16-51-34)31(47)40-24/h4-10,14,16-19,21,24-25,28H,11-13,15H2,1-3H3,(H,38,46)(H,39,45)(H,40,47)(H,41,48)/t19-,21+,24-,25+,28+/m1/s1. The highest BCUT2D eigenvalue weighted by atomic mass is 35.5. The highest BCUT2D eigenvalue weighted by Crippen LogP contribution is 2.26. The summed E-state index contributed by atoms with van der Waals surface area (Å²) < 4.78 is 11.4. The molecule has 0 aliphatic carbocycles. The minimum Gasteiger partial charge on any atom is -0.446 e. The fourth-order valence-corrected chi connectivity index (χ4v) is 6.35. The van der Waals surface area contributed by atoms with Crippen LogP contribution in [0, 0.1) is 5.92 Å². The van der Waals surface area contributed by atoms with Crippen molar-refractivity contribution in [2.75, 3.05) is 6.54 Å². The molecule has 6 rings (SSSR count). The highest BCUT2D eigenvalue weighted by Gasteiger charge is 2.43. The van der Waals surface area contributed by atoms with E-state index in [0.29, 0.717) is 6.42 Å². The van der Waals surface area contributed by atoms with Gasteiger partial charge in [-0.05, 0) is 37.3 Å². The van der Waals surface area contributed by atoms with Crippen LogP contribution >= 0.6 is 11.6 Å². The number of amides is 5. The van der Waals surface area contributed by atoms with Crippen LogP contribution in [0.25, 0.3) is 0 Å². The Hall–Kier alpha value is -5.57. The van der Waals surface area contributed by atoms with E-state index in [1.165, 1.54) is 29.6 Å². The van der Waals surface area contributed by atoms with Crippen LogP contribution in [0.2, 0.25) is 5.02 Å². The van der Waals surface area contributed by atoms with Gasteiger partial charge >= 0.3 is 0 Å². The van der Waals surface area contributed by atoms with Crippen LogP contribution in [0.4, 0.5) is 0 Å². The molecule has 0 unspecified atom stereocenters. The molecule has 3 aromatic heterocycles. The first-order chi connectivity index (χ1) is 24.5. The third kappa shape index (κ3) is 8.09. The van der Waals surface area contributed by atoms with Gasteiger partial charge in [-0.1, -0.05) is 55.8 Å². The topological polar surface area (TPSA) is 202 Å². The van der Waals surface area contributed by atoms with E-state index in [9.17, 15) is 24.0 Å². The number of oxazole rings is 2. The number of rotatable bonds is 6. The normalized spacial score (nSPS) is 22.8. The quantitative estimate of drug-likeness (QED) is 0.230. The Balaban J connectivity index is 1.36. The first kappa shape index (κ1) is 35.3. The molecule has 1 saturated heterocycles. The third-order valence-corrected chi connectivity index (χ3v) is 8.97. The molecule has 5 amide bonds. The molecule has 4 bridgehead atoms. The van der Waals surface area contributed by atoms with Crippen molar-refractivity contribution in [1.29, 1.82) is 0 Å². The van der Waals surface area contributed by atoms with Crippen LogP contribution in [-0.4, -0.2) is 74.1 Å². The molecule has 0 spiro atoms. The molecule has 0 radical (unpaired) electrons. The second-order valence-corrected chi connectivity index (χ2v) is 13.4. The summed E-state index contributed by atoms with van der Waals surface area (Å²) in [5.41, 5.74) is 0.847. The minimum absolute atomic E-state index is 0.0383. The van der Waals surface area contributed by atoms with E-state index in [1.807, 2.05) is 44.2 Å². The van der Waals surface area contributed by atoms with Gasteiger partial charge in [-0.25, -0.2) is 9.97 Å². The lowest BCUT2D eigenvalue weighted by Gasteiger charge is -2.25. The molecule has 2 aliphatic rings. The first-order valence-electron chi connectivity index (χ1n) is 16.5. The zero-order chi connectivity index (χ0) is 36.2. The summed E-state index contributed by atoms with van der Waals surface area (Å²) in [4.78, 5) is 82.2. The van der Waals surface area contributed by atoms with Gasteiger partial charge in [0.15, 0.2) is 11.4 Å². The lowest BCUT2D eigenvalue weighted by Crippen LogP contribution is -2.48. The number of nitrogens with zero attached hydrogens (tertiary/aromatic N) is 4. The van der Waals surface area contributed by atoms with E-state index in [2.05, 4.69) is 36.2 Å². The van der Waals surface area contributed by atoms with Crippen LogP contribution in [-0.2, 0) is 16.0 Å². The Kier molecular flexibility index (Phi) is 10.5. The predicted octanol–water partition coefficient (Wildman–Crippen LogP) is 3.16. The summed E-state index contributed by atoms with van der Waals surface area (Å²) in [5.74, 6) is -2.65. The number of fused-ring (bicyclic) bond motifs is 5. The van der Waals surface area contributed by atoms with E-state index in [1.54, 1.807) is 6.92 Å². The van der Waals surface area contributed by atoms with Gasteiger partial charge in [0.05, 0.1) is 10.6 Å². The SMILES string of the molecule is CC(C)C[C@H]1NC(=O)c2coc(n2)[C@H](Cc2ccccc2)NC(=O)[C@@H]2C[C@H](NC(=O)c3ccncc3Cl)CN2C(=O)c2coc(n2)[C@@H](C)NC1=O. The fourth-order valence-electron chi connectivity index (χ4n) is 6.15. The lowest BCUT2D eigenvalue weighted by atomic mass is 10.0. The Morgan fingerprint density at radius 1 is 0.961 bits per heavy atom. The molecule has 15 nitrogen and oxygen atoms in total. The Morgan fingerprint density at radius 3 is 2.43 bits per heavy atom. The average Bonchev–Trinajstić information content (AvgIpc) is 3.88. The molecule has 0 saturated carbocycles. The molecule has 16 heteroatoms. The maximum absolute atomic E-state index is 14.2. The number of hydrogen-bond acceptors (Lipinski definition) is 10. The summed E-state index contributed by atoms with van der Waals surface area (Å²) >= 11 is 6.20. The van der Waals surface area contributed by atoms with Crippen molar-refractivity contribution in [1.82, 2.24) is 41.1 Å². The molecular formula is C35H37ClN8O7. The molecule has 4 N–H and O–H groups in total. The number of hydrogen-bond donors (Lipinski definition) is 4. The number of aromatic nitrogens is 3. The van der Waals surface area contributed by atoms with Crippen LogP contribution < -0.4 is 21.3 Å². The van der Waals surface area contributed by atoms with Crippen molar-refractivity contribution in [3.05, 3.63) is 101 Å². The number of carbonyl (C=O) groups excluding carboxylic acids is 5. The van der Waals surface area contributed by atoms with Gasteiger partial charge in [0, 0.05) is 31.4 Å². The molecule has 5 heterocycles. The van der Waals surface area contributed by atoms with E-state index in [-0.39, 0.29) is 59.1 Å². The second kappa shape index (κ2) is 15.1. The Morgan fingerprint density at radius 2 is 1.69 bits per heavy atom. The number of carbonyl (C=O) groups is 5. The van der Waals surface area contributed by atoms with Gasteiger partial charge in [-0.2, -0.15) is 0 Å². The van der Waals surface area contributed by atoms with Crippen LogP contribution in [0.1, 0.15) is 94.4 Å². The lowest BCUT2D eigenvalue weighted by molar-refractivity contribution is -0.126. The highest BCUT2D eigenvalue weighted by molar-refractivity contribution is 6.33. The molecule has 1 fully saturated rings. The minimum atomic E-state index is -1.07. The summed E-state index contributed by atoms with van der Waals surface area (Å²) in [6, 6.07) is 6.45. The van der Waals surface area contributed by atoms with Crippen LogP contribution in [0.3, 0.4) is 0 Å². The summed E-state index contributed by atoms with van der Waals surface area (Å²) in [6.45, 7) is 5.43. The average molecular weight is 717 g/mol. The van der Waals surface area contributed by atoms with Gasteiger partial charge in [0.25, 0.3) is 17.7 Å². The molecule has 2 aliphatic heterocycles. The van der Waals surface area contributed by atoms with E-state index < -0.39 is 59.7 Å². The zero-order valence-corrected chi connectivity index (χ0v) is 28.8. The maximum atomic E-state index is 14.2. The van der Waals surface area contributed by atoms with Crippen LogP contribution in [0.5, 0.6) is 0 Å². The zero-order valence-electron chi connectivity index (χ0n) is 28.1. The monoisotopic (exact) mass is 716 g/mol. The largest absolute Gasteiger partial charge is 0.446 e. The van der Waals surface area contributed by atoms with Crippen molar-refractivity contribution >= 4 is 41.1 Å². The first-order valence-corrected chi connectivity index (χ1v) is 16.9. The number of nitrogens with one attached hydrogen (secondary N) is 4. The number of benzene rings is 1. The third-order valence-electron chi connectivity index (χ3n) is 8.67. The molecule has 5 atom stereocenters. The molecule has 51 heavy (non-hydrogen) atoms. The summed E-state index contributed by atoms with van der Waals surface area (Å²) in [7, 11) is 0. The van der Waals surface area contributed by atoms with Crippen molar-refractivity contribution < 1.29 is 32.8 Å². The van der Waals surface area contributed by atoms with Crippen molar-refractivity contribution in [2.24, 2.45) is 5.92 Å². The maximum Gasteiger partial charge on any atom is 0.276 e. The predicted molar refractivity (Wildman–Crippen MR) is 181 cm³/mol. The molecule has 266 valence electrons. The van der Waals surface area contributed by atoms with Gasteiger partial charge in [-0.15, -0.1) is 0 Å². The van der Waals surface area contributed by atoms with E-state index in [0.717, 1.165) is 11.8 Å². The number of pyridine rings is 1. The Labute approximate surface area is 297 Å². The van der Waals surface area contributed by atoms with E-state index >= 15 is 0 Å². The number of halogens is 1.